The second kappa shape index (κ2) is 9.86. The average molecular weight is 499 g/mol. The van der Waals surface area contributed by atoms with E-state index < -0.39 is 72.0 Å². The van der Waals surface area contributed by atoms with Crippen LogP contribution < -0.4 is 0 Å². The van der Waals surface area contributed by atoms with Crippen LogP contribution in [0.25, 0.3) is 0 Å². The van der Waals surface area contributed by atoms with Gasteiger partial charge in [0.2, 0.25) is 0 Å². The molecule has 0 aromatic carbocycles. The fourth-order valence-corrected chi connectivity index (χ4v) is 92.8. The molecule has 136 valence electrons. The number of hydrogen-bond acceptors (Lipinski definition) is 7. The molecule has 0 bridgehead atoms. The monoisotopic (exact) mass is 498 g/mol. The van der Waals surface area contributed by atoms with Gasteiger partial charge in [-0.05, 0) is 13.1 Å². The van der Waals surface area contributed by atoms with Crippen molar-refractivity contribution in [2.75, 3.05) is 0 Å². The van der Waals surface area contributed by atoms with E-state index in [4.69, 9.17) is 33.6 Å². The summed E-state index contributed by atoms with van der Waals surface area (Å²) in [6.45, 7) is 3.72. The van der Waals surface area contributed by atoms with Crippen LogP contribution in [0.5, 0.6) is 0 Å². The summed E-state index contributed by atoms with van der Waals surface area (Å²) in [6, 6.07) is 0. The number of hydrogen-bond donors (Lipinski definition) is 7. The highest BCUT2D eigenvalue weighted by atomic mass is 30.4. The van der Waals surface area contributed by atoms with Crippen LogP contribution in [-0.4, -0.2) is 106 Å². The zero-order chi connectivity index (χ0) is 20.0. The van der Waals surface area contributed by atoms with Crippen LogP contribution in [0.4, 0.5) is 0 Å². The van der Waals surface area contributed by atoms with E-state index in [9.17, 15) is 26.8 Å². The molecule has 0 aromatic rings. The van der Waals surface area contributed by atoms with Crippen molar-refractivity contribution < 1.29 is 60.3 Å². The van der Waals surface area contributed by atoms with Gasteiger partial charge in [-0.25, -0.2) is 0 Å². The average Bonchev–Trinajstić information content (AvgIpc) is 2.31. The Morgan fingerprint density at radius 3 is 0.667 bits per heavy atom. The third kappa shape index (κ3) is 4.57. The van der Waals surface area contributed by atoms with E-state index in [0.717, 1.165) is 0 Å². The van der Waals surface area contributed by atoms with Gasteiger partial charge in [0.05, 0.1) is 0 Å². The maximum absolute atomic E-state index is 11.4. The fraction of sp³-hybridized carbons (Fsp3) is 1.00. The molecule has 0 aliphatic rings. The molecule has 0 atom stereocenters. The molecule has 0 spiro atoms. The van der Waals surface area contributed by atoms with Crippen LogP contribution in [0.2, 0.25) is 13.1 Å². The highest BCUT2D eigenvalue weighted by molar-refractivity contribution is 8.14. The standard InChI is InChI=1S/C2H8OSi.H6O12Si8/c1-4(2)3;1-13(2)19(14(3)4,15(5)6)20(16(7)8,17(9)10)18(11)12/h3-4H,1-2H3;1,3,5,7,9,11H. The lowest BCUT2D eigenvalue weighted by Gasteiger charge is -2.23. The summed E-state index contributed by atoms with van der Waals surface area (Å²) >= 11 is 0. The molecule has 0 heterocycles. The van der Waals surface area contributed by atoms with Crippen LogP contribution in [-0.2, 0) is 26.8 Å². The summed E-state index contributed by atoms with van der Waals surface area (Å²) in [6.07, 6.45) is -11.2. The van der Waals surface area contributed by atoms with Crippen molar-refractivity contribution in [3.05, 3.63) is 0 Å². The van der Waals surface area contributed by atoms with Crippen LogP contribution >= 0.6 is 0 Å². The van der Waals surface area contributed by atoms with E-state index in [-0.39, 0.29) is 0 Å². The Balaban J connectivity index is 0. The van der Waals surface area contributed by atoms with Crippen molar-refractivity contribution in [1.29, 1.82) is 0 Å². The third-order valence-electron chi connectivity index (χ3n) is 2.49. The molecule has 24 heavy (non-hydrogen) atoms. The molecular weight excluding hydrogens is 485 g/mol. The molecule has 7 N–H and O–H groups in total. The Kier molecular flexibility index (Phi) is 10.6. The third-order valence-corrected chi connectivity index (χ3v) is 97.5. The van der Waals surface area contributed by atoms with Crippen LogP contribution in [0.15, 0.2) is 0 Å². The lowest BCUT2D eigenvalue weighted by atomic mass is 11.9. The summed E-state index contributed by atoms with van der Waals surface area (Å²) in [4.78, 5) is 63.1. The minimum Gasteiger partial charge on any atom is -0.542 e. The maximum atomic E-state index is 11.4. The van der Waals surface area contributed by atoms with Gasteiger partial charge in [-0.1, -0.05) is 0 Å². The van der Waals surface area contributed by atoms with Crippen molar-refractivity contribution in [3.63, 3.8) is 0 Å². The lowest BCUT2D eigenvalue weighted by Crippen LogP contribution is -2.91. The van der Waals surface area contributed by atoms with Gasteiger partial charge in [-0.2, -0.15) is 0 Å². The summed E-state index contributed by atoms with van der Waals surface area (Å²) in [5.74, 6) is 0. The van der Waals surface area contributed by atoms with Crippen molar-refractivity contribution in [1.82, 2.24) is 0 Å². The predicted molar refractivity (Wildman–Crippen MR) is 84.6 cm³/mol. The predicted octanol–water partition coefficient (Wildman–Crippen LogP) is -7.14. The van der Waals surface area contributed by atoms with E-state index in [1.54, 1.807) is 0 Å². The Labute approximate surface area is 145 Å². The molecule has 0 aromatic heterocycles. The summed E-state index contributed by atoms with van der Waals surface area (Å²) in [5.41, 5.74) is 0. The first-order chi connectivity index (χ1) is 10.6. The first-order valence-corrected chi connectivity index (χ1v) is 27.7. The minimum atomic E-state index is -5.60. The molecule has 0 saturated carbocycles. The molecule has 0 aliphatic heterocycles. The fourth-order valence-electron chi connectivity index (χ4n) is 1.51. The molecule has 22 heteroatoms. The van der Waals surface area contributed by atoms with Gasteiger partial charge < -0.3 is 60.3 Å². The topological polar surface area (TPSA) is 244 Å². The van der Waals surface area contributed by atoms with Gasteiger partial charge in [-0.15, -0.1) is 0 Å². The van der Waals surface area contributed by atoms with Gasteiger partial charge in [0.1, 0.15) is 0 Å². The quantitative estimate of drug-likeness (QED) is 0.161. The molecule has 0 rings (SSSR count). The molecule has 0 unspecified atom stereocenters. The highest BCUT2D eigenvalue weighted by Gasteiger charge is 2.91. The van der Waals surface area contributed by atoms with E-state index in [0.29, 0.717) is 0 Å². The molecule has 0 radical (unpaired) electrons. The van der Waals surface area contributed by atoms with Gasteiger partial charge >= 0.3 is 63.0 Å². The van der Waals surface area contributed by atoms with E-state index in [1.807, 2.05) is 13.1 Å². The maximum Gasteiger partial charge on any atom is 0.483 e. The first kappa shape index (κ1) is 25.7. The largest absolute Gasteiger partial charge is 0.542 e. The molecular formula is C2H14O13Si9. The smallest absolute Gasteiger partial charge is 0.483 e. The Morgan fingerprint density at radius 2 is 0.625 bits per heavy atom. The second-order valence-electron chi connectivity index (χ2n) is 4.42. The van der Waals surface area contributed by atoms with Gasteiger partial charge in [0.15, 0.2) is 9.04 Å². The zero-order valence-corrected chi connectivity index (χ0v) is 21.3. The highest BCUT2D eigenvalue weighted by Crippen LogP contribution is 2.18. The lowest BCUT2D eigenvalue weighted by molar-refractivity contribution is 0.439. The van der Waals surface area contributed by atoms with E-state index >= 15 is 0 Å². The van der Waals surface area contributed by atoms with Gasteiger partial charge in [0.25, 0.3) is 0 Å². The van der Waals surface area contributed by atoms with Crippen molar-refractivity contribution in [2.24, 2.45) is 0 Å². The van der Waals surface area contributed by atoms with E-state index in [1.165, 1.54) is 0 Å². The van der Waals surface area contributed by atoms with Crippen LogP contribution in [0.3, 0.4) is 0 Å². The Morgan fingerprint density at radius 1 is 0.542 bits per heavy atom. The van der Waals surface area contributed by atoms with Crippen molar-refractivity contribution in [2.45, 2.75) is 13.1 Å². The molecule has 13 nitrogen and oxygen atoms in total. The van der Waals surface area contributed by atoms with Gasteiger partial charge in [0, 0.05) is 0 Å². The Bertz CT molecular complexity index is 457. The normalized spacial score (nSPS) is 11.0. The number of rotatable bonds is 7. The molecule has 0 fully saturated rings. The minimum absolute atomic E-state index is 1.14. The summed E-state index contributed by atoms with van der Waals surface area (Å²) < 4.78 is 68.3. The summed E-state index contributed by atoms with van der Waals surface area (Å²) in [7, 11) is -28.2. The zero-order valence-electron chi connectivity index (χ0n) is 12.2. The van der Waals surface area contributed by atoms with Crippen molar-refractivity contribution in [3.8, 4) is 0 Å². The van der Waals surface area contributed by atoms with Crippen molar-refractivity contribution >= 4 is 72.0 Å². The SMILES string of the molecule is C[SiH](C)O.O=[Si](O)[Si]([Si](=O)O)([Si](=O)O)[Si]([Si](=O)O)([Si](=O)O)[Si](=O)O. The van der Waals surface area contributed by atoms with Gasteiger partial charge in [-0.3, -0.25) is 0 Å². The van der Waals surface area contributed by atoms with Crippen LogP contribution in [0, 0.1) is 0 Å². The van der Waals surface area contributed by atoms with E-state index in [2.05, 4.69) is 0 Å². The first-order valence-electron chi connectivity index (χ1n) is 5.73. The summed E-state index contributed by atoms with van der Waals surface area (Å²) in [5, 5.41) is 0. The molecule has 0 saturated heterocycles. The van der Waals surface area contributed by atoms with Crippen LogP contribution in [0.1, 0.15) is 0 Å². The second-order valence-corrected chi connectivity index (χ2v) is 57.0. The Hall–Kier alpha value is -0.488. The molecule has 0 aliphatic carbocycles. The molecule has 0 amide bonds.